The normalized spacial score (nSPS) is 9.94. The number of aromatic nitrogens is 2. The Labute approximate surface area is 106 Å². The summed E-state index contributed by atoms with van der Waals surface area (Å²) in [5.74, 6) is 2.13. The smallest absolute Gasteiger partial charge is 0.148 e. The molecule has 0 unspecified atom stereocenters. The molecule has 0 bridgehead atoms. The SMILES string of the molecule is CNc1ccc(-c2c(OC)cccc2OC)nn1. The molecule has 2 rings (SSSR count). The molecule has 94 valence electrons. The van der Waals surface area contributed by atoms with E-state index in [0.717, 1.165) is 5.56 Å². The van der Waals surface area contributed by atoms with Crippen molar-refractivity contribution in [2.75, 3.05) is 26.6 Å². The number of anilines is 1. The van der Waals surface area contributed by atoms with Crippen LogP contribution in [-0.2, 0) is 0 Å². The van der Waals surface area contributed by atoms with Crippen LogP contribution in [0.15, 0.2) is 30.3 Å². The summed E-state index contributed by atoms with van der Waals surface area (Å²) in [7, 11) is 5.04. The first-order chi connectivity index (χ1) is 8.80. The van der Waals surface area contributed by atoms with Gasteiger partial charge in [0.05, 0.1) is 19.8 Å². The van der Waals surface area contributed by atoms with E-state index in [9.17, 15) is 0 Å². The molecule has 18 heavy (non-hydrogen) atoms. The van der Waals surface area contributed by atoms with Gasteiger partial charge in [-0.25, -0.2) is 0 Å². The van der Waals surface area contributed by atoms with Crippen LogP contribution in [0.3, 0.4) is 0 Å². The topological polar surface area (TPSA) is 56.3 Å². The van der Waals surface area contributed by atoms with Crippen LogP contribution in [0.2, 0.25) is 0 Å². The Hall–Kier alpha value is -2.30. The Balaban J connectivity index is 2.53. The second-order valence-electron chi connectivity index (χ2n) is 3.59. The fourth-order valence-electron chi connectivity index (χ4n) is 1.70. The van der Waals surface area contributed by atoms with Crippen molar-refractivity contribution in [3.05, 3.63) is 30.3 Å². The fourth-order valence-corrected chi connectivity index (χ4v) is 1.70. The maximum Gasteiger partial charge on any atom is 0.148 e. The van der Waals surface area contributed by atoms with Gasteiger partial charge in [-0.2, -0.15) is 0 Å². The van der Waals surface area contributed by atoms with Crippen molar-refractivity contribution in [3.8, 4) is 22.8 Å². The third-order valence-corrected chi connectivity index (χ3v) is 2.60. The number of ether oxygens (including phenoxy) is 2. The third-order valence-electron chi connectivity index (χ3n) is 2.60. The Bertz CT molecular complexity index is 504. The lowest BCUT2D eigenvalue weighted by Gasteiger charge is -2.12. The third kappa shape index (κ3) is 2.20. The quantitative estimate of drug-likeness (QED) is 0.895. The van der Waals surface area contributed by atoms with Gasteiger partial charge < -0.3 is 14.8 Å². The Morgan fingerprint density at radius 2 is 1.61 bits per heavy atom. The number of hydrogen-bond acceptors (Lipinski definition) is 5. The maximum atomic E-state index is 5.34. The van der Waals surface area contributed by atoms with Crippen molar-refractivity contribution < 1.29 is 9.47 Å². The molecule has 0 fully saturated rings. The first-order valence-corrected chi connectivity index (χ1v) is 5.53. The van der Waals surface area contributed by atoms with Crippen LogP contribution in [0.25, 0.3) is 11.3 Å². The standard InChI is InChI=1S/C13H15N3O2/c1-14-12-8-7-9(15-16-12)13-10(17-2)5-4-6-11(13)18-3/h4-8H,1-3H3,(H,14,16). The molecule has 1 heterocycles. The van der Waals surface area contributed by atoms with Crippen molar-refractivity contribution in [1.29, 1.82) is 0 Å². The maximum absolute atomic E-state index is 5.34. The van der Waals surface area contributed by atoms with Crippen LogP contribution in [-0.4, -0.2) is 31.5 Å². The minimum absolute atomic E-state index is 0.709. The Morgan fingerprint density at radius 3 is 2.06 bits per heavy atom. The number of methoxy groups -OCH3 is 2. The molecular weight excluding hydrogens is 230 g/mol. The molecule has 1 aromatic heterocycles. The summed E-state index contributed by atoms with van der Waals surface area (Å²) in [6, 6.07) is 9.33. The van der Waals surface area contributed by atoms with E-state index in [1.165, 1.54) is 0 Å². The van der Waals surface area contributed by atoms with Crippen molar-refractivity contribution >= 4 is 5.82 Å². The van der Waals surface area contributed by atoms with E-state index < -0.39 is 0 Å². The van der Waals surface area contributed by atoms with Crippen LogP contribution < -0.4 is 14.8 Å². The van der Waals surface area contributed by atoms with Gasteiger partial charge in [0.15, 0.2) is 0 Å². The van der Waals surface area contributed by atoms with Crippen LogP contribution in [0, 0.1) is 0 Å². The van der Waals surface area contributed by atoms with E-state index in [-0.39, 0.29) is 0 Å². The van der Waals surface area contributed by atoms with E-state index in [1.807, 2.05) is 30.3 Å². The van der Waals surface area contributed by atoms with E-state index >= 15 is 0 Å². The summed E-state index contributed by atoms with van der Waals surface area (Å²) in [6.07, 6.45) is 0. The molecule has 1 N–H and O–H groups in total. The second-order valence-corrected chi connectivity index (χ2v) is 3.59. The average molecular weight is 245 g/mol. The highest BCUT2D eigenvalue weighted by atomic mass is 16.5. The van der Waals surface area contributed by atoms with Crippen molar-refractivity contribution in [2.24, 2.45) is 0 Å². The van der Waals surface area contributed by atoms with E-state index in [4.69, 9.17) is 9.47 Å². The summed E-state index contributed by atoms with van der Waals surface area (Å²) < 4.78 is 10.7. The summed E-state index contributed by atoms with van der Waals surface area (Å²) >= 11 is 0. The number of hydrogen-bond donors (Lipinski definition) is 1. The van der Waals surface area contributed by atoms with Crippen molar-refractivity contribution in [1.82, 2.24) is 10.2 Å². The highest BCUT2D eigenvalue weighted by molar-refractivity contribution is 5.74. The van der Waals surface area contributed by atoms with Gasteiger partial charge in [0.25, 0.3) is 0 Å². The zero-order chi connectivity index (χ0) is 13.0. The van der Waals surface area contributed by atoms with Gasteiger partial charge in [-0.1, -0.05) is 6.07 Å². The lowest BCUT2D eigenvalue weighted by atomic mass is 10.1. The number of benzene rings is 1. The van der Waals surface area contributed by atoms with Crippen molar-refractivity contribution in [3.63, 3.8) is 0 Å². The molecule has 5 nitrogen and oxygen atoms in total. The number of nitrogens with one attached hydrogen (secondary N) is 1. The predicted octanol–water partition coefficient (Wildman–Crippen LogP) is 2.20. The highest BCUT2D eigenvalue weighted by Gasteiger charge is 2.13. The fraction of sp³-hybridized carbons (Fsp3) is 0.231. The lowest BCUT2D eigenvalue weighted by Crippen LogP contribution is -1.98. The van der Waals surface area contributed by atoms with Crippen LogP contribution in [0.1, 0.15) is 0 Å². The van der Waals surface area contributed by atoms with Gasteiger partial charge in [-0.05, 0) is 24.3 Å². The zero-order valence-corrected chi connectivity index (χ0v) is 10.6. The molecule has 0 aliphatic heterocycles. The predicted molar refractivity (Wildman–Crippen MR) is 70.1 cm³/mol. The first kappa shape index (κ1) is 12.2. The molecule has 0 saturated heterocycles. The lowest BCUT2D eigenvalue weighted by molar-refractivity contribution is 0.397. The monoisotopic (exact) mass is 245 g/mol. The molecule has 2 aromatic rings. The minimum Gasteiger partial charge on any atom is -0.496 e. The summed E-state index contributed by atoms with van der Waals surface area (Å²) in [4.78, 5) is 0. The van der Waals surface area contributed by atoms with Gasteiger partial charge in [0.2, 0.25) is 0 Å². The van der Waals surface area contributed by atoms with Gasteiger partial charge in [0.1, 0.15) is 23.0 Å². The van der Waals surface area contributed by atoms with E-state index in [0.29, 0.717) is 23.0 Å². The highest BCUT2D eigenvalue weighted by Crippen LogP contribution is 2.36. The molecule has 0 saturated carbocycles. The van der Waals surface area contributed by atoms with E-state index in [1.54, 1.807) is 21.3 Å². The van der Waals surface area contributed by atoms with Gasteiger partial charge in [0, 0.05) is 7.05 Å². The molecule has 5 heteroatoms. The number of nitrogens with zero attached hydrogens (tertiary/aromatic N) is 2. The number of rotatable bonds is 4. The molecule has 1 aromatic carbocycles. The molecular formula is C13H15N3O2. The largest absolute Gasteiger partial charge is 0.496 e. The molecule has 0 aliphatic rings. The molecule has 0 spiro atoms. The zero-order valence-electron chi connectivity index (χ0n) is 10.6. The Morgan fingerprint density at radius 1 is 0.944 bits per heavy atom. The van der Waals surface area contributed by atoms with Gasteiger partial charge >= 0.3 is 0 Å². The first-order valence-electron chi connectivity index (χ1n) is 5.53. The van der Waals surface area contributed by atoms with Crippen LogP contribution in [0.4, 0.5) is 5.82 Å². The van der Waals surface area contributed by atoms with E-state index in [2.05, 4.69) is 15.5 Å². The molecule has 0 aliphatic carbocycles. The van der Waals surface area contributed by atoms with Crippen LogP contribution in [0.5, 0.6) is 11.5 Å². The molecule has 0 radical (unpaired) electrons. The Kier molecular flexibility index (Phi) is 3.62. The second kappa shape index (κ2) is 5.35. The summed E-state index contributed by atoms with van der Waals surface area (Å²) in [5, 5.41) is 11.1. The minimum atomic E-state index is 0.709. The molecule has 0 amide bonds. The van der Waals surface area contributed by atoms with Crippen molar-refractivity contribution in [2.45, 2.75) is 0 Å². The van der Waals surface area contributed by atoms with Crippen LogP contribution >= 0.6 is 0 Å². The summed E-state index contributed by atoms with van der Waals surface area (Å²) in [5.41, 5.74) is 1.51. The van der Waals surface area contributed by atoms with Gasteiger partial charge in [-0.15, -0.1) is 10.2 Å². The average Bonchev–Trinajstić information content (AvgIpc) is 2.46. The van der Waals surface area contributed by atoms with Gasteiger partial charge in [-0.3, -0.25) is 0 Å². The summed E-state index contributed by atoms with van der Waals surface area (Å²) in [6.45, 7) is 0. The molecule has 0 atom stereocenters.